The summed E-state index contributed by atoms with van der Waals surface area (Å²) < 4.78 is 5.71. The molecule has 0 spiro atoms. The van der Waals surface area contributed by atoms with Crippen LogP contribution in [0.25, 0.3) is 22.4 Å². The molecule has 1 heterocycles. The Morgan fingerprint density at radius 3 is 2.70 bits per heavy atom. The van der Waals surface area contributed by atoms with Crippen molar-refractivity contribution in [3.63, 3.8) is 0 Å². The van der Waals surface area contributed by atoms with Crippen LogP contribution in [0.1, 0.15) is 17.4 Å². The van der Waals surface area contributed by atoms with Crippen LogP contribution in [-0.2, 0) is 4.79 Å². The van der Waals surface area contributed by atoms with Crippen LogP contribution >= 0.6 is 11.3 Å². The molecule has 2 aromatic carbocycles. The zero-order chi connectivity index (χ0) is 16.2. The molecule has 0 unspecified atom stereocenters. The van der Waals surface area contributed by atoms with Gasteiger partial charge in [0, 0.05) is 10.4 Å². The molecule has 0 bridgehead atoms. The minimum absolute atomic E-state index is 0.275. The Kier molecular flexibility index (Phi) is 4.44. The van der Waals surface area contributed by atoms with Gasteiger partial charge in [0.05, 0.1) is 12.2 Å². The summed E-state index contributed by atoms with van der Waals surface area (Å²) in [5.41, 5.74) is 1.08. The number of hydrogen-bond acceptors (Lipinski definition) is 3. The fourth-order valence-electron chi connectivity index (χ4n) is 2.52. The van der Waals surface area contributed by atoms with Crippen LogP contribution in [-0.4, -0.2) is 17.7 Å². The Hall–Kier alpha value is -2.59. The number of thiophene rings is 1. The van der Waals surface area contributed by atoms with Gasteiger partial charge in [-0.1, -0.05) is 36.4 Å². The third-order valence-electron chi connectivity index (χ3n) is 3.54. The third kappa shape index (κ3) is 3.12. The Bertz CT molecular complexity index is 863. The predicted molar refractivity (Wildman–Crippen MR) is 94.9 cm³/mol. The van der Waals surface area contributed by atoms with Crippen molar-refractivity contribution in [1.82, 2.24) is 0 Å². The number of carbonyl (C=O) groups is 1. The zero-order valence-electron chi connectivity index (χ0n) is 12.7. The van der Waals surface area contributed by atoms with Crippen molar-refractivity contribution in [1.29, 1.82) is 0 Å². The van der Waals surface area contributed by atoms with E-state index < -0.39 is 5.97 Å². The molecule has 116 valence electrons. The molecule has 0 aliphatic rings. The SMILES string of the molecule is CCOc1ccc2ccccc2c1/C=C(/C(=O)O)c1cccs1. The number of carboxylic acids is 1. The monoisotopic (exact) mass is 324 g/mol. The first-order valence-electron chi connectivity index (χ1n) is 7.34. The summed E-state index contributed by atoms with van der Waals surface area (Å²) in [4.78, 5) is 12.4. The predicted octanol–water partition coefficient (Wildman–Crippen LogP) is 4.93. The van der Waals surface area contributed by atoms with E-state index in [0.29, 0.717) is 12.4 Å². The highest BCUT2D eigenvalue weighted by atomic mass is 32.1. The van der Waals surface area contributed by atoms with Crippen LogP contribution < -0.4 is 4.74 Å². The number of carboxylic acid groups (broad SMARTS) is 1. The van der Waals surface area contributed by atoms with Gasteiger partial charge in [0.15, 0.2) is 0 Å². The molecule has 1 aromatic heterocycles. The molecule has 23 heavy (non-hydrogen) atoms. The maximum absolute atomic E-state index is 11.7. The Labute approximate surface area is 138 Å². The third-order valence-corrected chi connectivity index (χ3v) is 4.44. The molecule has 3 rings (SSSR count). The largest absolute Gasteiger partial charge is 0.493 e. The first-order valence-corrected chi connectivity index (χ1v) is 8.22. The molecule has 0 atom stereocenters. The molecule has 0 saturated heterocycles. The number of hydrogen-bond donors (Lipinski definition) is 1. The number of benzene rings is 2. The van der Waals surface area contributed by atoms with Crippen LogP contribution in [0.3, 0.4) is 0 Å². The normalized spacial score (nSPS) is 11.6. The van der Waals surface area contributed by atoms with E-state index >= 15 is 0 Å². The molecule has 3 nitrogen and oxygen atoms in total. The molecule has 0 aliphatic heterocycles. The van der Waals surface area contributed by atoms with Gasteiger partial charge in [-0.3, -0.25) is 0 Å². The molecule has 0 fully saturated rings. The van der Waals surface area contributed by atoms with E-state index in [4.69, 9.17) is 4.74 Å². The van der Waals surface area contributed by atoms with Gasteiger partial charge in [-0.25, -0.2) is 4.79 Å². The summed E-state index contributed by atoms with van der Waals surface area (Å²) in [6, 6.07) is 15.5. The van der Waals surface area contributed by atoms with Gasteiger partial charge in [-0.15, -0.1) is 11.3 Å². The molecule has 0 amide bonds. The molecular weight excluding hydrogens is 308 g/mol. The maximum Gasteiger partial charge on any atom is 0.337 e. The fourth-order valence-corrected chi connectivity index (χ4v) is 3.25. The highest BCUT2D eigenvalue weighted by Crippen LogP contribution is 2.33. The first-order chi connectivity index (χ1) is 11.2. The van der Waals surface area contributed by atoms with Gasteiger partial charge in [0.25, 0.3) is 0 Å². The summed E-state index contributed by atoms with van der Waals surface area (Å²) >= 11 is 1.41. The van der Waals surface area contributed by atoms with Gasteiger partial charge >= 0.3 is 5.97 Å². The van der Waals surface area contributed by atoms with Crippen LogP contribution in [0.4, 0.5) is 0 Å². The van der Waals surface area contributed by atoms with Gasteiger partial charge in [-0.2, -0.15) is 0 Å². The second-order valence-electron chi connectivity index (χ2n) is 4.97. The Morgan fingerprint density at radius 1 is 1.17 bits per heavy atom. The fraction of sp³-hybridized carbons (Fsp3) is 0.105. The molecule has 0 aliphatic carbocycles. The van der Waals surface area contributed by atoms with Crippen molar-refractivity contribution in [3.8, 4) is 5.75 Å². The van der Waals surface area contributed by atoms with Gasteiger partial charge in [0.1, 0.15) is 5.75 Å². The first kappa shape index (κ1) is 15.3. The van der Waals surface area contributed by atoms with Crippen LogP contribution in [0.15, 0.2) is 53.9 Å². The Balaban J connectivity index is 2.26. The zero-order valence-corrected chi connectivity index (χ0v) is 13.5. The molecule has 3 aromatic rings. The summed E-state index contributed by atoms with van der Waals surface area (Å²) in [6.07, 6.45) is 1.71. The van der Waals surface area contributed by atoms with Crippen LogP contribution in [0.2, 0.25) is 0 Å². The molecule has 0 saturated carbocycles. The second kappa shape index (κ2) is 6.67. The molecular formula is C19H16O3S. The van der Waals surface area contributed by atoms with Crippen LogP contribution in [0.5, 0.6) is 5.75 Å². The highest BCUT2D eigenvalue weighted by molar-refractivity contribution is 7.11. The number of rotatable bonds is 5. The quantitative estimate of drug-likeness (QED) is 0.677. The van der Waals surface area contributed by atoms with E-state index in [9.17, 15) is 9.90 Å². The standard InChI is InChI=1S/C19H16O3S/c1-2-22-17-10-9-13-6-3-4-7-14(13)15(17)12-16(19(20)21)18-8-5-11-23-18/h3-12H,2H2,1H3,(H,20,21)/b16-12+. The lowest BCUT2D eigenvalue weighted by atomic mass is 10.0. The van der Waals surface area contributed by atoms with Crippen molar-refractivity contribution >= 4 is 39.7 Å². The molecule has 4 heteroatoms. The van der Waals surface area contributed by atoms with Crippen molar-refractivity contribution in [2.24, 2.45) is 0 Å². The van der Waals surface area contributed by atoms with E-state index in [1.807, 2.05) is 60.8 Å². The second-order valence-corrected chi connectivity index (χ2v) is 5.92. The minimum Gasteiger partial charge on any atom is -0.493 e. The Morgan fingerprint density at radius 2 is 2.00 bits per heavy atom. The van der Waals surface area contributed by atoms with E-state index in [-0.39, 0.29) is 5.57 Å². The average Bonchev–Trinajstić information content (AvgIpc) is 3.07. The van der Waals surface area contributed by atoms with Crippen molar-refractivity contribution < 1.29 is 14.6 Å². The summed E-state index contributed by atoms with van der Waals surface area (Å²) in [5, 5.41) is 13.5. The lowest BCUT2D eigenvalue weighted by Crippen LogP contribution is -2.00. The minimum atomic E-state index is -0.942. The highest BCUT2D eigenvalue weighted by Gasteiger charge is 2.15. The molecule has 1 N–H and O–H groups in total. The van der Waals surface area contributed by atoms with Crippen molar-refractivity contribution in [3.05, 3.63) is 64.4 Å². The average molecular weight is 324 g/mol. The van der Waals surface area contributed by atoms with Gasteiger partial charge in [0.2, 0.25) is 0 Å². The number of ether oxygens (including phenoxy) is 1. The summed E-state index contributed by atoms with van der Waals surface area (Å²) in [5.74, 6) is -0.246. The van der Waals surface area contributed by atoms with Crippen LogP contribution in [0, 0.1) is 0 Å². The van der Waals surface area contributed by atoms with Gasteiger partial charge < -0.3 is 9.84 Å². The topological polar surface area (TPSA) is 46.5 Å². The molecule has 0 radical (unpaired) electrons. The smallest absolute Gasteiger partial charge is 0.337 e. The van der Waals surface area contributed by atoms with Crippen molar-refractivity contribution in [2.45, 2.75) is 6.92 Å². The number of fused-ring (bicyclic) bond motifs is 1. The maximum atomic E-state index is 11.7. The summed E-state index contributed by atoms with van der Waals surface area (Å²) in [7, 11) is 0. The number of aliphatic carboxylic acids is 1. The lowest BCUT2D eigenvalue weighted by Gasteiger charge is -2.11. The van der Waals surface area contributed by atoms with Crippen molar-refractivity contribution in [2.75, 3.05) is 6.61 Å². The van der Waals surface area contributed by atoms with Gasteiger partial charge in [-0.05, 0) is 41.3 Å². The van der Waals surface area contributed by atoms with E-state index in [0.717, 1.165) is 21.2 Å². The summed E-state index contributed by atoms with van der Waals surface area (Å²) in [6.45, 7) is 2.45. The van der Waals surface area contributed by atoms with E-state index in [2.05, 4.69) is 0 Å². The lowest BCUT2D eigenvalue weighted by molar-refractivity contribution is -0.130. The van der Waals surface area contributed by atoms with E-state index in [1.165, 1.54) is 11.3 Å². The van der Waals surface area contributed by atoms with E-state index in [1.54, 1.807) is 6.08 Å².